The maximum absolute atomic E-state index is 8.83. The summed E-state index contributed by atoms with van der Waals surface area (Å²) in [7, 11) is 0. The van der Waals surface area contributed by atoms with Crippen molar-refractivity contribution in [1.29, 1.82) is 5.26 Å². The highest BCUT2D eigenvalue weighted by Crippen LogP contribution is 2.18. The van der Waals surface area contributed by atoms with Gasteiger partial charge in [-0.2, -0.15) is 5.26 Å². The second kappa shape index (κ2) is 10.4. The summed E-state index contributed by atoms with van der Waals surface area (Å²) >= 11 is 0. The monoisotopic (exact) mass is 393 g/mol. The van der Waals surface area contributed by atoms with E-state index in [0.29, 0.717) is 0 Å². The van der Waals surface area contributed by atoms with Crippen molar-refractivity contribution in [1.82, 2.24) is 10.2 Å². The Hall–Kier alpha value is -2.39. The van der Waals surface area contributed by atoms with Crippen LogP contribution in [-0.2, 0) is 24.4 Å². The van der Waals surface area contributed by atoms with Crippen LogP contribution >= 0.6 is 0 Å². The quantitative estimate of drug-likeness (QED) is 0.738. The predicted molar refractivity (Wildman–Crippen MR) is 114 cm³/mol. The maximum Gasteiger partial charge on any atom is 0.181 e. The lowest BCUT2D eigenvalue weighted by Crippen LogP contribution is -2.45. The van der Waals surface area contributed by atoms with E-state index in [-0.39, 0.29) is 12.2 Å². The molecule has 5 nitrogen and oxygen atoms in total. The van der Waals surface area contributed by atoms with Gasteiger partial charge in [0.15, 0.2) is 6.10 Å². The molecule has 0 aromatic heterocycles. The lowest BCUT2D eigenvalue weighted by Gasteiger charge is -2.35. The summed E-state index contributed by atoms with van der Waals surface area (Å²) in [6.07, 6.45) is 0.132. The van der Waals surface area contributed by atoms with E-state index in [9.17, 15) is 0 Å². The summed E-state index contributed by atoms with van der Waals surface area (Å²) < 4.78 is 11.4. The summed E-state index contributed by atoms with van der Waals surface area (Å²) in [5.74, 6) is 0.724. The van der Waals surface area contributed by atoms with Gasteiger partial charge < -0.3 is 14.8 Å². The summed E-state index contributed by atoms with van der Waals surface area (Å²) in [6, 6.07) is 18.6. The Balaban J connectivity index is 1.53. The third kappa shape index (κ3) is 6.57. The highest BCUT2D eigenvalue weighted by atomic mass is 16.5. The minimum Gasteiger partial charge on any atom is -0.476 e. The van der Waals surface area contributed by atoms with Crippen molar-refractivity contribution in [2.45, 2.75) is 58.7 Å². The first-order valence-corrected chi connectivity index (χ1v) is 10.3. The van der Waals surface area contributed by atoms with Gasteiger partial charge in [0.2, 0.25) is 0 Å². The smallest absolute Gasteiger partial charge is 0.181 e. The third-order valence-electron chi connectivity index (χ3n) is 5.07. The van der Waals surface area contributed by atoms with E-state index < -0.39 is 6.10 Å². The summed E-state index contributed by atoms with van der Waals surface area (Å²) in [5.41, 5.74) is 3.90. The number of hydrogen-bond donors (Lipinski definition) is 1. The maximum atomic E-state index is 8.83. The number of hydrogen-bond acceptors (Lipinski definition) is 5. The van der Waals surface area contributed by atoms with E-state index in [4.69, 9.17) is 14.7 Å². The summed E-state index contributed by atoms with van der Waals surface area (Å²) in [6.45, 7) is 10.6. The molecular formula is C24H31N3O2. The van der Waals surface area contributed by atoms with E-state index in [1.54, 1.807) is 6.92 Å². The second-order valence-corrected chi connectivity index (χ2v) is 7.86. The van der Waals surface area contributed by atoms with Gasteiger partial charge in [0.1, 0.15) is 11.8 Å². The van der Waals surface area contributed by atoms with Crippen molar-refractivity contribution in [3.05, 3.63) is 65.2 Å². The van der Waals surface area contributed by atoms with E-state index >= 15 is 0 Å². The van der Waals surface area contributed by atoms with Gasteiger partial charge in [0.25, 0.3) is 0 Å². The molecule has 2 aromatic carbocycles. The van der Waals surface area contributed by atoms with Crippen molar-refractivity contribution in [2.24, 2.45) is 0 Å². The van der Waals surface area contributed by atoms with Crippen molar-refractivity contribution in [3.63, 3.8) is 0 Å². The zero-order valence-corrected chi connectivity index (χ0v) is 17.6. The fourth-order valence-corrected chi connectivity index (χ4v) is 3.80. The molecule has 0 unspecified atom stereocenters. The standard InChI is InChI=1S/C24H31N3O2/c1-18(12-25)29-24-10-8-21(9-11-24)13-26-14-22-6-4-5-7-23(22)17-27-15-19(2)28-20(3)16-27/h4-11,18-20,26H,13-17H2,1-3H3/t18-,19-,20-/m1/s1. The molecule has 2 aromatic rings. The van der Waals surface area contributed by atoms with Crippen LogP contribution in [0.25, 0.3) is 0 Å². The molecule has 0 aliphatic carbocycles. The molecule has 1 aliphatic rings. The number of nitrogens with one attached hydrogen (secondary N) is 1. The molecule has 0 saturated carbocycles. The van der Waals surface area contributed by atoms with Crippen LogP contribution in [0, 0.1) is 11.3 Å². The molecule has 1 aliphatic heterocycles. The minimum atomic E-state index is -0.437. The second-order valence-electron chi connectivity index (χ2n) is 7.86. The van der Waals surface area contributed by atoms with Crippen molar-refractivity contribution < 1.29 is 9.47 Å². The molecule has 154 valence electrons. The average molecular weight is 394 g/mol. The van der Waals surface area contributed by atoms with Crippen molar-refractivity contribution >= 4 is 0 Å². The van der Waals surface area contributed by atoms with Crippen molar-refractivity contribution in [3.8, 4) is 11.8 Å². The SMILES string of the molecule is C[C@H](C#N)Oc1ccc(CNCc2ccccc2CN2C[C@@H](C)O[C@H](C)C2)cc1. The van der Waals surface area contributed by atoms with Gasteiger partial charge in [0.05, 0.1) is 12.2 Å². The molecule has 29 heavy (non-hydrogen) atoms. The van der Waals surface area contributed by atoms with Crippen molar-refractivity contribution in [2.75, 3.05) is 13.1 Å². The molecular weight excluding hydrogens is 362 g/mol. The zero-order valence-electron chi connectivity index (χ0n) is 17.6. The highest BCUT2D eigenvalue weighted by Gasteiger charge is 2.22. The largest absolute Gasteiger partial charge is 0.476 e. The molecule has 0 spiro atoms. The van der Waals surface area contributed by atoms with E-state index in [2.05, 4.69) is 54.4 Å². The third-order valence-corrected chi connectivity index (χ3v) is 5.07. The Labute approximate surface area is 174 Å². The minimum absolute atomic E-state index is 0.284. The molecule has 3 rings (SSSR count). The number of morpholine rings is 1. The van der Waals surface area contributed by atoms with Gasteiger partial charge in [-0.3, -0.25) is 4.90 Å². The number of nitriles is 1. The first-order valence-electron chi connectivity index (χ1n) is 10.3. The first-order chi connectivity index (χ1) is 14.0. The van der Waals surface area contributed by atoms with Crippen LogP contribution in [0.5, 0.6) is 5.75 Å². The van der Waals surface area contributed by atoms with Crippen LogP contribution in [0.1, 0.15) is 37.5 Å². The van der Waals surface area contributed by atoms with E-state index in [1.165, 1.54) is 16.7 Å². The number of ether oxygens (including phenoxy) is 2. The molecule has 1 saturated heterocycles. The Kier molecular flexibility index (Phi) is 7.65. The van der Waals surface area contributed by atoms with Gasteiger partial charge in [-0.15, -0.1) is 0 Å². The number of benzene rings is 2. The first kappa shape index (κ1) is 21.3. The van der Waals surface area contributed by atoms with Gasteiger partial charge in [-0.25, -0.2) is 0 Å². The predicted octanol–water partition coefficient (Wildman–Crippen LogP) is 3.88. The summed E-state index contributed by atoms with van der Waals surface area (Å²) in [5, 5.41) is 12.4. The van der Waals surface area contributed by atoms with Crippen LogP contribution < -0.4 is 10.1 Å². The zero-order chi connectivity index (χ0) is 20.6. The molecule has 3 atom stereocenters. The van der Waals surface area contributed by atoms with Crippen LogP contribution in [-0.4, -0.2) is 36.3 Å². The Morgan fingerprint density at radius 2 is 1.72 bits per heavy atom. The molecule has 0 amide bonds. The molecule has 1 heterocycles. The molecule has 5 heteroatoms. The van der Waals surface area contributed by atoms with Crippen LogP contribution in [0.4, 0.5) is 0 Å². The van der Waals surface area contributed by atoms with E-state index in [0.717, 1.165) is 38.5 Å². The number of nitrogens with zero attached hydrogens (tertiary/aromatic N) is 2. The Morgan fingerprint density at radius 1 is 1.07 bits per heavy atom. The molecule has 0 radical (unpaired) electrons. The fourth-order valence-electron chi connectivity index (χ4n) is 3.80. The number of rotatable bonds is 8. The van der Waals surface area contributed by atoms with Crippen LogP contribution in [0.15, 0.2) is 48.5 Å². The molecule has 0 bridgehead atoms. The van der Waals surface area contributed by atoms with E-state index in [1.807, 2.05) is 24.3 Å². The van der Waals surface area contributed by atoms with Crippen LogP contribution in [0.3, 0.4) is 0 Å². The normalized spacial score (nSPS) is 20.8. The molecule has 1 fully saturated rings. The molecule has 1 N–H and O–H groups in total. The highest BCUT2D eigenvalue weighted by molar-refractivity contribution is 5.29. The Bertz CT molecular complexity index is 806. The fraction of sp³-hybridized carbons (Fsp3) is 0.458. The lowest BCUT2D eigenvalue weighted by atomic mass is 10.1. The van der Waals surface area contributed by atoms with Crippen LogP contribution in [0.2, 0.25) is 0 Å². The average Bonchev–Trinajstić information content (AvgIpc) is 2.70. The van der Waals surface area contributed by atoms with Gasteiger partial charge in [-0.1, -0.05) is 36.4 Å². The van der Waals surface area contributed by atoms with Gasteiger partial charge in [0, 0.05) is 32.7 Å². The van der Waals surface area contributed by atoms with Gasteiger partial charge in [-0.05, 0) is 49.6 Å². The summed E-state index contributed by atoms with van der Waals surface area (Å²) in [4.78, 5) is 2.48. The lowest BCUT2D eigenvalue weighted by molar-refractivity contribution is -0.0705. The van der Waals surface area contributed by atoms with Gasteiger partial charge >= 0.3 is 0 Å². The Morgan fingerprint density at radius 3 is 2.38 bits per heavy atom. The topological polar surface area (TPSA) is 57.5 Å².